The zero-order valence-electron chi connectivity index (χ0n) is 17.8. The largest absolute Gasteiger partial charge is 0.455 e. The first-order chi connectivity index (χ1) is 15.2. The molecule has 0 saturated heterocycles. The Bertz CT molecular complexity index is 1000. The van der Waals surface area contributed by atoms with E-state index in [2.05, 4.69) is 6.07 Å². The number of likely N-dealkylation sites (N-methyl/N-ethyl adjacent to an activating group) is 1. The molecular weight excluding hydrogens is 408 g/mol. The van der Waals surface area contributed by atoms with Crippen LogP contribution in [-0.4, -0.2) is 34.9 Å². The smallest absolute Gasteiger partial charge is 0.310 e. The van der Waals surface area contributed by atoms with Crippen LogP contribution in [0.25, 0.3) is 10.2 Å². The van der Waals surface area contributed by atoms with Crippen LogP contribution in [0.15, 0.2) is 54.6 Å². The topological polar surface area (TPSA) is 59.5 Å². The minimum atomic E-state index is -0.270. The molecule has 1 aliphatic carbocycles. The zero-order valence-corrected chi connectivity index (χ0v) is 18.6. The fourth-order valence-electron chi connectivity index (χ4n) is 4.27. The molecule has 5 nitrogen and oxygen atoms in total. The summed E-state index contributed by atoms with van der Waals surface area (Å²) in [4.78, 5) is 32.1. The monoisotopic (exact) mass is 436 g/mol. The third-order valence-corrected chi connectivity index (χ3v) is 7.15. The lowest BCUT2D eigenvalue weighted by Crippen LogP contribution is -2.36. The number of rotatable bonds is 7. The molecule has 3 aromatic rings. The number of para-hydroxylation sites is 1. The molecule has 6 heteroatoms. The minimum absolute atomic E-state index is 0.0698. The van der Waals surface area contributed by atoms with E-state index in [4.69, 9.17) is 9.72 Å². The maximum atomic E-state index is 13.0. The third-order valence-electron chi connectivity index (χ3n) is 5.98. The van der Waals surface area contributed by atoms with Crippen LogP contribution < -0.4 is 0 Å². The number of carbonyl (C=O) groups is 2. The summed E-state index contributed by atoms with van der Waals surface area (Å²) in [6, 6.07) is 17.9. The summed E-state index contributed by atoms with van der Waals surface area (Å²) in [5.41, 5.74) is 2.04. The van der Waals surface area contributed by atoms with Gasteiger partial charge >= 0.3 is 5.97 Å². The van der Waals surface area contributed by atoms with E-state index in [1.54, 1.807) is 16.2 Å². The molecular formula is C25H28N2O3S. The van der Waals surface area contributed by atoms with Gasteiger partial charge in [0.05, 0.1) is 21.1 Å². The molecule has 0 bridgehead atoms. The number of benzene rings is 2. The lowest BCUT2D eigenvalue weighted by molar-refractivity contribution is -0.157. The molecule has 1 saturated carbocycles. The van der Waals surface area contributed by atoms with Gasteiger partial charge in [-0.1, -0.05) is 55.3 Å². The fourth-order valence-corrected chi connectivity index (χ4v) is 5.44. The van der Waals surface area contributed by atoms with Crippen LogP contribution in [0.3, 0.4) is 0 Å². The molecule has 31 heavy (non-hydrogen) atoms. The van der Waals surface area contributed by atoms with Crippen LogP contribution >= 0.6 is 11.3 Å². The van der Waals surface area contributed by atoms with E-state index < -0.39 is 0 Å². The lowest BCUT2D eigenvalue weighted by atomic mass is 9.79. The number of hydrogen-bond donors (Lipinski definition) is 0. The predicted molar refractivity (Wildman–Crippen MR) is 123 cm³/mol. The average Bonchev–Trinajstić information content (AvgIpc) is 3.25. The summed E-state index contributed by atoms with van der Waals surface area (Å²) in [6.45, 7) is 2.82. The molecule has 1 heterocycles. The van der Waals surface area contributed by atoms with E-state index in [1.165, 1.54) is 0 Å². The Morgan fingerprint density at radius 1 is 1.06 bits per heavy atom. The van der Waals surface area contributed by atoms with Crippen molar-refractivity contribution in [2.45, 2.75) is 45.1 Å². The van der Waals surface area contributed by atoms with Crippen molar-refractivity contribution in [3.63, 3.8) is 0 Å². The molecule has 1 aliphatic rings. The van der Waals surface area contributed by atoms with Gasteiger partial charge in [0.15, 0.2) is 6.61 Å². The van der Waals surface area contributed by atoms with Crippen LogP contribution in [0.2, 0.25) is 0 Å². The number of fused-ring (bicyclic) bond motifs is 1. The van der Waals surface area contributed by atoms with Gasteiger partial charge in [0.25, 0.3) is 5.91 Å². The minimum Gasteiger partial charge on any atom is -0.455 e. The zero-order chi connectivity index (χ0) is 21.6. The number of amides is 1. The van der Waals surface area contributed by atoms with Gasteiger partial charge in [0, 0.05) is 19.0 Å². The van der Waals surface area contributed by atoms with Crippen LogP contribution in [0.1, 0.15) is 49.1 Å². The van der Waals surface area contributed by atoms with Gasteiger partial charge in [-0.2, -0.15) is 0 Å². The third kappa shape index (κ3) is 5.13. The van der Waals surface area contributed by atoms with Gasteiger partial charge < -0.3 is 9.64 Å². The highest BCUT2D eigenvalue weighted by molar-refractivity contribution is 7.18. The average molecular weight is 437 g/mol. The molecule has 0 spiro atoms. The van der Waals surface area contributed by atoms with Crippen LogP contribution in [0, 0.1) is 5.92 Å². The van der Waals surface area contributed by atoms with Gasteiger partial charge in [-0.05, 0) is 37.5 Å². The number of hydrogen-bond acceptors (Lipinski definition) is 5. The first kappa shape index (κ1) is 21.5. The first-order valence-electron chi connectivity index (χ1n) is 11.0. The molecule has 2 aromatic carbocycles. The highest BCUT2D eigenvalue weighted by Crippen LogP contribution is 2.41. The summed E-state index contributed by atoms with van der Waals surface area (Å²) in [5.74, 6) is -0.591. The second kappa shape index (κ2) is 10.1. The highest BCUT2D eigenvalue weighted by Gasteiger charge is 2.35. The van der Waals surface area contributed by atoms with E-state index in [9.17, 15) is 9.59 Å². The van der Waals surface area contributed by atoms with Gasteiger partial charge in [0.1, 0.15) is 0 Å². The van der Waals surface area contributed by atoms with Crippen molar-refractivity contribution in [2.75, 3.05) is 13.2 Å². The molecule has 0 aliphatic heterocycles. The number of esters is 1. The van der Waals surface area contributed by atoms with E-state index in [1.807, 2.05) is 55.5 Å². The Labute approximate surface area is 187 Å². The molecule has 0 N–H and O–H groups in total. The molecule has 2 unspecified atom stereocenters. The number of thiazole rings is 1. The van der Waals surface area contributed by atoms with E-state index in [-0.39, 0.29) is 30.3 Å². The van der Waals surface area contributed by atoms with Crippen LogP contribution in [-0.2, 0) is 20.9 Å². The summed E-state index contributed by atoms with van der Waals surface area (Å²) < 4.78 is 6.68. The summed E-state index contributed by atoms with van der Waals surface area (Å²) in [7, 11) is 0. The Kier molecular flexibility index (Phi) is 6.97. The fraction of sp³-hybridized carbons (Fsp3) is 0.400. The van der Waals surface area contributed by atoms with E-state index >= 15 is 0 Å². The molecule has 1 amide bonds. The van der Waals surface area contributed by atoms with Crippen molar-refractivity contribution in [3.05, 3.63) is 65.2 Å². The van der Waals surface area contributed by atoms with Gasteiger partial charge in [-0.25, -0.2) is 4.98 Å². The summed E-state index contributed by atoms with van der Waals surface area (Å²) >= 11 is 1.67. The van der Waals surface area contributed by atoms with Gasteiger partial charge in [-0.3, -0.25) is 9.59 Å². The Balaban J connectivity index is 1.39. The lowest BCUT2D eigenvalue weighted by Gasteiger charge is -2.28. The van der Waals surface area contributed by atoms with Gasteiger partial charge in [0.2, 0.25) is 0 Å². The number of ether oxygens (including phenoxy) is 1. The molecule has 4 rings (SSSR count). The van der Waals surface area contributed by atoms with Crippen molar-refractivity contribution >= 4 is 33.4 Å². The first-order valence-corrected chi connectivity index (χ1v) is 11.8. The second-order valence-electron chi connectivity index (χ2n) is 8.02. The number of aromatic nitrogens is 1. The summed E-state index contributed by atoms with van der Waals surface area (Å²) in [5, 5.41) is 1.01. The van der Waals surface area contributed by atoms with Crippen molar-refractivity contribution in [3.8, 4) is 0 Å². The normalized spacial score (nSPS) is 18.6. The highest BCUT2D eigenvalue weighted by atomic mass is 32.1. The number of carbonyl (C=O) groups excluding carboxylic acids is 2. The number of nitrogens with zero attached hydrogens (tertiary/aromatic N) is 2. The van der Waals surface area contributed by atoms with E-state index in [0.29, 0.717) is 13.1 Å². The van der Waals surface area contributed by atoms with Gasteiger partial charge in [-0.15, -0.1) is 11.3 Å². The predicted octanol–water partition coefficient (Wildman–Crippen LogP) is 5.16. The molecule has 1 aromatic heterocycles. The quantitative estimate of drug-likeness (QED) is 0.480. The van der Waals surface area contributed by atoms with Crippen molar-refractivity contribution < 1.29 is 14.3 Å². The standard InChI is InChI=1S/C25H28N2O3S/c1-2-27(16-18-10-4-3-5-11-18)23(28)17-30-25(29)20-13-7-6-12-19(20)24-26-21-14-8-9-15-22(21)31-24/h3-5,8-11,14-15,19-20H,2,6-7,12-13,16-17H2,1H3. The maximum Gasteiger partial charge on any atom is 0.310 e. The SMILES string of the molecule is CCN(Cc1ccccc1)C(=O)COC(=O)C1CCCCC1c1nc2ccccc2s1. The Morgan fingerprint density at radius 3 is 2.58 bits per heavy atom. The van der Waals surface area contributed by atoms with Crippen molar-refractivity contribution in [1.29, 1.82) is 0 Å². The van der Waals surface area contributed by atoms with Crippen LogP contribution in [0.5, 0.6) is 0 Å². The maximum absolute atomic E-state index is 13.0. The van der Waals surface area contributed by atoms with E-state index in [0.717, 1.165) is 46.5 Å². The van der Waals surface area contributed by atoms with Crippen molar-refractivity contribution in [2.24, 2.45) is 5.92 Å². The Morgan fingerprint density at radius 2 is 1.81 bits per heavy atom. The second-order valence-corrected chi connectivity index (χ2v) is 9.08. The Hall–Kier alpha value is -2.73. The molecule has 2 atom stereocenters. The summed E-state index contributed by atoms with van der Waals surface area (Å²) in [6.07, 6.45) is 3.81. The molecule has 0 radical (unpaired) electrons. The molecule has 162 valence electrons. The van der Waals surface area contributed by atoms with Crippen molar-refractivity contribution in [1.82, 2.24) is 9.88 Å². The molecule has 1 fully saturated rings. The van der Waals surface area contributed by atoms with Crippen LogP contribution in [0.4, 0.5) is 0 Å².